The molecule has 3 rings (SSSR count). The van der Waals surface area contributed by atoms with E-state index in [1.165, 1.54) is 6.08 Å². The van der Waals surface area contributed by atoms with Crippen molar-refractivity contribution in [3.8, 4) is 0 Å². The Kier molecular flexibility index (Phi) is 6.18. The fraction of sp³-hybridized carbons (Fsp3) is 0.692. The van der Waals surface area contributed by atoms with Crippen LogP contribution in [0, 0.1) is 29.1 Å². The van der Waals surface area contributed by atoms with Crippen LogP contribution in [0.15, 0.2) is 34.9 Å². The van der Waals surface area contributed by atoms with E-state index in [1.54, 1.807) is 0 Å². The lowest BCUT2D eigenvalue weighted by Gasteiger charge is -2.53. The summed E-state index contributed by atoms with van der Waals surface area (Å²) in [5.74, 6) is -0.948. The molecule has 5 nitrogen and oxygen atoms in total. The van der Waals surface area contributed by atoms with Gasteiger partial charge in [-0.1, -0.05) is 44.1 Å². The van der Waals surface area contributed by atoms with Crippen molar-refractivity contribution in [3.05, 3.63) is 34.9 Å². The molecule has 1 aliphatic heterocycles. The van der Waals surface area contributed by atoms with E-state index in [1.807, 2.05) is 40.7 Å². The predicted octanol–water partition coefficient (Wildman–Crippen LogP) is 4.06. The number of amides is 1. The first-order chi connectivity index (χ1) is 14.2. The molecule has 1 saturated carbocycles. The van der Waals surface area contributed by atoms with Crippen molar-refractivity contribution in [1.29, 1.82) is 0 Å². The molecule has 0 aromatic heterocycles. The molecule has 6 unspecified atom stereocenters. The van der Waals surface area contributed by atoms with Crippen LogP contribution >= 0.6 is 0 Å². The van der Waals surface area contributed by atoms with Gasteiger partial charge in [0.15, 0.2) is 11.5 Å². The van der Waals surface area contributed by atoms with Gasteiger partial charge in [0, 0.05) is 18.3 Å². The monoisotopic (exact) mass is 429 g/mol. The zero-order valence-corrected chi connectivity index (χ0v) is 20.1. The second-order valence-corrected chi connectivity index (χ2v) is 11.1. The number of ketones is 1. The molecule has 3 N–H and O–H groups in total. The van der Waals surface area contributed by atoms with Gasteiger partial charge in [0.1, 0.15) is 0 Å². The molecular formula is C26H39NO4. The molecule has 31 heavy (non-hydrogen) atoms. The Bertz CT molecular complexity index is 865. The van der Waals surface area contributed by atoms with Crippen LogP contribution in [0.2, 0.25) is 0 Å². The molecule has 0 bridgehead atoms. The summed E-state index contributed by atoms with van der Waals surface area (Å²) >= 11 is 0. The molecule has 0 aromatic rings. The van der Waals surface area contributed by atoms with Gasteiger partial charge in [0.05, 0.1) is 11.2 Å². The van der Waals surface area contributed by atoms with Crippen LogP contribution in [0.5, 0.6) is 0 Å². The number of allylic oxidation sites excluding steroid dienone is 4. The maximum atomic E-state index is 14.0. The van der Waals surface area contributed by atoms with Gasteiger partial charge >= 0.3 is 0 Å². The number of rotatable bonds is 5. The van der Waals surface area contributed by atoms with Crippen molar-refractivity contribution in [3.63, 3.8) is 0 Å². The van der Waals surface area contributed by atoms with Crippen molar-refractivity contribution >= 4 is 11.7 Å². The highest BCUT2D eigenvalue weighted by Gasteiger charge is 2.55. The number of Topliss-reactive ketones (excluding diaryl/α,β-unsaturated/α-hetero) is 1. The van der Waals surface area contributed by atoms with Gasteiger partial charge in [-0.15, -0.1) is 0 Å². The van der Waals surface area contributed by atoms with Crippen LogP contribution in [0.3, 0.4) is 0 Å². The lowest BCUT2D eigenvalue weighted by molar-refractivity contribution is -0.131. The number of carbonyl (C=O) groups excluding carboxylic acids is 2. The highest BCUT2D eigenvalue weighted by Crippen LogP contribution is 2.57. The molecule has 1 heterocycles. The zero-order chi connectivity index (χ0) is 23.4. The minimum absolute atomic E-state index is 0.0244. The Morgan fingerprint density at radius 1 is 1.29 bits per heavy atom. The Morgan fingerprint density at radius 2 is 1.94 bits per heavy atom. The Balaban J connectivity index is 2.08. The highest BCUT2D eigenvalue weighted by atomic mass is 16.3. The van der Waals surface area contributed by atoms with Crippen LogP contribution in [0.1, 0.15) is 74.1 Å². The van der Waals surface area contributed by atoms with Crippen LogP contribution in [0.4, 0.5) is 0 Å². The van der Waals surface area contributed by atoms with E-state index < -0.39 is 17.2 Å². The molecule has 172 valence electrons. The molecule has 3 aliphatic rings. The van der Waals surface area contributed by atoms with Crippen molar-refractivity contribution < 1.29 is 19.8 Å². The molecule has 5 heteroatoms. The molecule has 1 fully saturated rings. The minimum atomic E-state index is -1.47. The standard InChI is InChI=1S/C26H39NO4/c1-8-16(4)20-17(5)12-24(6)14-25(7,30)10-9-19(24)21(20)22(28)18-13-26(31,11-15(2)3)27-23(18)29/h8,12-13,15,19-21,30-31H,9-11,14H2,1-7H3,(H,27,29). The summed E-state index contributed by atoms with van der Waals surface area (Å²) in [6, 6.07) is 0. The van der Waals surface area contributed by atoms with Gasteiger partial charge < -0.3 is 15.5 Å². The second kappa shape index (κ2) is 8.00. The van der Waals surface area contributed by atoms with Crippen molar-refractivity contribution in [2.45, 2.75) is 85.5 Å². The SMILES string of the molecule is CC=C(C)C1C(C)=CC2(C)CC(C)(O)CCC2C1C(=O)C1=CC(O)(CC(C)C)NC1=O. The van der Waals surface area contributed by atoms with E-state index in [4.69, 9.17) is 0 Å². The summed E-state index contributed by atoms with van der Waals surface area (Å²) in [7, 11) is 0. The molecule has 0 spiro atoms. The van der Waals surface area contributed by atoms with Crippen LogP contribution < -0.4 is 5.32 Å². The number of nitrogens with one attached hydrogen (secondary N) is 1. The number of hydrogen-bond acceptors (Lipinski definition) is 4. The van der Waals surface area contributed by atoms with Crippen LogP contribution in [0.25, 0.3) is 0 Å². The highest BCUT2D eigenvalue weighted by molar-refractivity contribution is 6.22. The minimum Gasteiger partial charge on any atom is -0.390 e. The van der Waals surface area contributed by atoms with Gasteiger partial charge in [-0.05, 0) is 70.3 Å². The third kappa shape index (κ3) is 4.45. The average Bonchev–Trinajstić information content (AvgIpc) is 2.91. The van der Waals surface area contributed by atoms with Gasteiger partial charge in [0.25, 0.3) is 5.91 Å². The maximum Gasteiger partial charge on any atom is 0.257 e. The van der Waals surface area contributed by atoms with E-state index in [2.05, 4.69) is 25.2 Å². The smallest absolute Gasteiger partial charge is 0.257 e. The fourth-order valence-corrected chi connectivity index (χ4v) is 6.56. The summed E-state index contributed by atoms with van der Waals surface area (Å²) < 4.78 is 0. The summed E-state index contributed by atoms with van der Waals surface area (Å²) in [5, 5.41) is 24.3. The molecular weight excluding hydrogens is 390 g/mol. The first-order valence-electron chi connectivity index (χ1n) is 11.6. The van der Waals surface area contributed by atoms with Crippen molar-refractivity contribution in [2.24, 2.45) is 29.1 Å². The van der Waals surface area contributed by atoms with Gasteiger partial charge in [0.2, 0.25) is 0 Å². The average molecular weight is 430 g/mol. The molecule has 6 atom stereocenters. The summed E-state index contributed by atoms with van der Waals surface area (Å²) in [5.41, 5.74) is -0.248. The molecule has 0 aromatic carbocycles. The van der Waals surface area contributed by atoms with E-state index in [-0.39, 0.29) is 40.4 Å². The van der Waals surface area contributed by atoms with Crippen molar-refractivity contribution in [2.75, 3.05) is 0 Å². The van der Waals surface area contributed by atoms with Crippen molar-refractivity contribution in [1.82, 2.24) is 5.32 Å². The number of aliphatic hydroxyl groups is 2. The molecule has 2 aliphatic carbocycles. The van der Waals surface area contributed by atoms with E-state index in [0.717, 1.165) is 17.6 Å². The van der Waals surface area contributed by atoms with Gasteiger partial charge in [-0.2, -0.15) is 0 Å². The normalized spacial score (nSPS) is 40.9. The largest absolute Gasteiger partial charge is 0.390 e. The first kappa shape index (κ1) is 23.9. The fourth-order valence-electron chi connectivity index (χ4n) is 6.56. The van der Waals surface area contributed by atoms with Gasteiger partial charge in [-0.3, -0.25) is 9.59 Å². The summed E-state index contributed by atoms with van der Waals surface area (Å²) in [6.07, 6.45) is 8.06. The molecule has 0 radical (unpaired) electrons. The molecule has 0 saturated heterocycles. The number of hydrogen-bond donors (Lipinski definition) is 3. The summed E-state index contributed by atoms with van der Waals surface area (Å²) in [6.45, 7) is 14.0. The van der Waals surface area contributed by atoms with E-state index >= 15 is 0 Å². The second-order valence-electron chi connectivity index (χ2n) is 11.1. The van der Waals surface area contributed by atoms with E-state index in [0.29, 0.717) is 19.3 Å². The number of fused-ring (bicyclic) bond motifs is 1. The Labute approximate surface area is 186 Å². The number of carbonyl (C=O) groups is 2. The van der Waals surface area contributed by atoms with Crippen LogP contribution in [-0.4, -0.2) is 33.2 Å². The predicted molar refractivity (Wildman–Crippen MR) is 122 cm³/mol. The Hall–Kier alpha value is -1.72. The lowest BCUT2D eigenvalue weighted by atomic mass is 9.51. The summed E-state index contributed by atoms with van der Waals surface area (Å²) in [4.78, 5) is 26.8. The van der Waals surface area contributed by atoms with E-state index in [9.17, 15) is 19.8 Å². The first-order valence-corrected chi connectivity index (χ1v) is 11.6. The third-order valence-electron chi connectivity index (χ3n) is 7.63. The molecule has 1 amide bonds. The van der Waals surface area contributed by atoms with Crippen LogP contribution in [-0.2, 0) is 9.59 Å². The maximum absolute atomic E-state index is 14.0. The van der Waals surface area contributed by atoms with Gasteiger partial charge in [-0.25, -0.2) is 0 Å². The zero-order valence-electron chi connectivity index (χ0n) is 20.1. The Morgan fingerprint density at radius 3 is 2.52 bits per heavy atom. The third-order valence-corrected chi connectivity index (χ3v) is 7.63. The lowest BCUT2D eigenvalue weighted by Crippen LogP contribution is -2.51. The quantitative estimate of drug-likeness (QED) is 0.454. The topological polar surface area (TPSA) is 86.6 Å².